The molecular formula is C22H24ClN5O2S. The molecular weight excluding hydrogens is 434 g/mol. The summed E-state index contributed by atoms with van der Waals surface area (Å²) < 4.78 is 1.90. The maximum Gasteiger partial charge on any atom is 0.251 e. The number of benzene rings is 2. The number of rotatable bonds is 8. The van der Waals surface area contributed by atoms with Crippen LogP contribution in [0.25, 0.3) is 0 Å². The predicted molar refractivity (Wildman–Crippen MR) is 124 cm³/mol. The number of nitrogens with one attached hydrogen (secondary N) is 2. The smallest absolute Gasteiger partial charge is 0.251 e. The number of aryl methyl sites for hydroxylation is 1. The van der Waals surface area contributed by atoms with Gasteiger partial charge in [-0.15, -0.1) is 10.2 Å². The van der Waals surface area contributed by atoms with E-state index in [1.54, 1.807) is 24.3 Å². The highest BCUT2D eigenvalue weighted by atomic mass is 35.5. The third-order valence-electron chi connectivity index (χ3n) is 4.65. The first kappa shape index (κ1) is 22.8. The topological polar surface area (TPSA) is 88.9 Å². The fourth-order valence-electron chi connectivity index (χ4n) is 3.00. The van der Waals surface area contributed by atoms with Crippen LogP contribution in [-0.4, -0.2) is 32.3 Å². The number of amides is 2. The van der Waals surface area contributed by atoms with E-state index in [0.29, 0.717) is 28.1 Å². The minimum atomic E-state index is -0.356. The molecule has 1 heterocycles. The predicted octanol–water partition coefficient (Wildman–Crippen LogP) is 4.48. The molecule has 0 saturated heterocycles. The van der Waals surface area contributed by atoms with E-state index in [2.05, 4.69) is 20.8 Å². The Bertz CT molecular complexity index is 1070. The van der Waals surface area contributed by atoms with Crippen molar-refractivity contribution >= 4 is 40.9 Å². The lowest BCUT2D eigenvalue weighted by Gasteiger charge is -2.15. The minimum absolute atomic E-state index is 0.115. The van der Waals surface area contributed by atoms with Gasteiger partial charge in [-0.05, 0) is 56.7 Å². The first-order chi connectivity index (χ1) is 14.9. The van der Waals surface area contributed by atoms with Crippen molar-refractivity contribution in [2.24, 2.45) is 0 Å². The van der Waals surface area contributed by atoms with Crippen LogP contribution in [0.2, 0.25) is 5.02 Å². The van der Waals surface area contributed by atoms with Gasteiger partial charge in [0.15, 0.2) is 11.0 Å². The molecule has 1 aromatic heterocycles. The Kier molecular flexibility index (Phi) is 7.70. The highest BCUT2D eigenvalue weighted by Gasteiger charge is 2.20. The molecule has 3 rings (SSSR count). The number of para-hydroxylation sites is 1. The maximum absolute atomic E-state index is 12.5. The zero-order valence-corrected chi connectivity index (χ0v) is 19.1. The van der Waals surface area contributed by atoms with E-state index in [4.69, 9.17) is 11.6 Å². The van der Waals surface area contributed by atoms with Crippen LogP contribution >= 0.6 is 23.4 Å². The van der Waals surface area contributed by atoms with Gasteiger partial charge in [-0.3, -0.25) is 9.59 Å². The second-order valence-electron chi connectivity index (χ2n) is 6.94. The fourth-order valence-corrected chi connectivity index (χ4v) is 3.94. The van der Waals surface area contributed by atoms with Crippen LogP contribution in [0.1, 0.15) is 41.6 Å². The molecule has 2 N–H and O–H groups in total. The molecule has 3 aromatic rings. The summed E-state index contributed by atoms with van der Waals surface area (Å²) in [6.45, 7) is 6.38. The van der Waals surface area contributed by atoms with E-state index in [1.165, 1.54) is 11.8 Å². The summed E-state index contributed by atoms with van der Waals surface area (Å²) in [6.07, 6.45) is 0. The van der Waals surface area contributed by atoms with E-state index in [-0.39, 0.29) is 23.6 Å². The van der Waals surface area contributed by atoms with Crippen LogP contribution in [0.4, 0.5) is 5.69 Å². The number of hydrogen-bond acceptors (Lipinski definition) is 5. The number of anilines is 1. The summed E-state index contributed by atoms with van der Waals surface area (Å²) in [5.41, 5.74) is 2.32. The lowest BCUT2D eigenvalue weighted by Crippen LogP contribution is -2.28. The zero-order valence-electron chi connectivity index (χ0n) is 17.6. The second kappa shape index (κ2) is 10.5. The number of nitrogens with zero attached hydrogens (tertiary/aromatic N) is 3. The molecule has 7 nitrogen and oxygen atoms in total. The van der Waals surface area contributed by atoms with Gasteiger partial charge in [0.1, 0.15) is 0 Å². The summed E-state index contributed by atoms with van der Waals surface area (Å²) in [6, 6.07) is 14.0. The molecule has 9 heteroatoms. The molecule has 0 aliphatic heterocycles. The maximum atomic E-state index is 12.5. The van der Waals surface area contributed by atoms with E-state index >= 15 is 0 Å². The number of carbonyl (C=O) groups excluding carboxylic acids is 2. The molecule has 0 aliphatic carbocycles. The van der Waals surface area contributed by atoms with Crippen molar-refractivity contribution in [1.29, 1.82) is 0 Å². The van der Waals surface area contributed by atoms with Crippen LogP contribution < -0.4 is 10.6 Å². The van der Waals surface area contributed by atoms with Crippen molar-refractivity contribution in [3.05, 3.63) is 70.5 Å². The van der Waals surface area contributed by atoms with Gasteiger partial charge in [-0.1, -0.05) is 41.6 Å². The Labute approximate surface area is 190 Å². The van der Waals surface area contributed by atoms with E-state index in [1.807, 2.05) is 49.6 Å². The fraction of sp³-hybridized carbons (Fsp3) is 0.273. The van der Waals surface area contributed by atoms with Crippen molar-refractivity contribution in [2.75, 3.05) is 11.1 Å². The number of hydrogen-bond donors (Lipinski definition) is 2. The van der Waals surface area contributed by atoms with Gasteiger partial charge in [0, 0.05) is 22.8 Å². The van der Waals surface area contributed by atoms with Crippen molar-refractivity contribution in [3.63, 3.8) is 0 Å². The molecule has 2 amide bonds. The minimum Gasteiger partial charge on any atom is -0.342 e. The zero-order chi connectivity index (χ0) is 22.4. The molecule has 162 valence electrons. The van der Waals surface area contributed by atoms with Crippen molar-refractivity contribution in [2.45, 2.75) is 38.5 Å². The Morgan fingerprint density at radius 2 is 1.84 bits per heavy atom. The number of carbonyl (C=O) groups is 2. The molecule has 31 heavy (non-hydrogen) atoms. The molecule has 0 bridgehead atoms. The molecule has 0 radical (unpaired) electrons. The summed E-state index contributed by atoms with van der Waals surface area (Å²) in [5, 5.41) is 15.5. The quantitative estimate of drug-likeness (QED) is 0.487. The number of aromatic nitrogens is 3. The summed E-state index contributed by atoms with van der Waals surface area (Å²) in [4.78, 5) is 24.8. The normalized spacial score (nSPS) is 11.7. The average molecular weight is 458 g/mol. The molecule has 0 aliphatic rings. The average Bonchev–Trinajstić information content (AvgIpc) is 3.17. The van der Waals surface area contributed by atoms with Crippen molar-refractivity contribution in [3.8, 4) is 0 Å². The lowest BCUT2D eigenvalue weighted by atomic mass is 10.2. The molecule has 1 atom stereocenters. The molecule has 0 spiro atoms. The Hall–Kier alpha value is -2.84. The van der Waals surface area contributed by atoms with Crippen LogP contribution in [0.15, 0.2) is 53.7 Å². The highest BCUT2D eigenvalue weighted by Crippen LogP contribution is 2.22. The first-order valence-electron chi connectivity index (χ1n) is 9.86. The van der Waals surface area contributed by atoms with Crippen molar-refractivity contribution in [1.82, 2.24) is 20.1 Å². The van der Waals surface area contributed by atoms with Crippen molar-refractivity contribution < 1.29 is 9.59 Å². The van der Waals surface area contributed by atoms with Gasteiger partial charge in [0.2, 0.25) is 5.91 Å². The van der Waals surface area contributed by atoms with Gasteiger partial charge >= 0.3 is 0 Å². The third-order valence-corrected chi connectivity index (χ3v) is 5.87. The largest absolute Gasteiger partial charge is 0.342 e. The van der Waals surface area contributed by atoms with Gasteiger partial charge in [-0.25, -0.2) is 0 Å². The van der Waals surface area contributed by atoms with E-state index in [0.717, 1.165) is 11.3 Å². The Balaban J connectivity index is 1.63. The Morgan fingerprint density at radius 1 is 1.13 bits per heavy atom. The third kappa shape index (κ3) is 5.86. The molecule has 0 saturated carbocycles. The Morgan fingerprint density at radius 3 is 2.52 bits per heavy atom. The van der Waals surface area contributed by atoms with Crippen LogP contribution in [0.5, 0.6) is 0 Å². The monoisotopic (exact) mass is 457 g/mol. The van der Waals surface area contributed by atoms with Gasteiger partial charge < -0.3 is 15.2 Å². The second-order valence-corrected chi connectivity index (χ2v) is 8.32. The molecule has 0 fully saturated rings. The molecule has 1 unspecified atom stereocenters. The number of halogens is 1. The van der Waals surface area contributed by atoms with Gasteiger partial charge in [-0.2, -0.15) is 0 Å². The van der Waals surface area contributed by atoms with Crippen LogP contribution in [0.3, 0.4) is 0 Å². The summed E-state index contributed by atoms with van der Waals surface area (Å²) >= 11 is 7.19. The van der Waals surface area contributed by atoms with Crippen LogP contribution in [0, 0.1) is 6.92 Å². The standard InChI is InChI=1S/C22H24ClN5O2S/c1-4-28-20(15(3)24-21(30)16-9-11-17(23)12-10-16)26-27-22(28)31-13-19(29)25-18-8-6-5-7-14(18)2/h5-12,15H,4,13H2,1-3H3,(H,24,30)(H,25,29). The number of thioether (sulfide) groups is 1. The van der Waals surface area contributed by atoms with E-state index < -0.39 is 0 Å². The molecule has 2 aromatic carbocycles. The SMILES string of the molecule is CCn1c(SCC(=O)Nc2ccccc2C)nnc1C(C)NC(=O)c1ccc(Cl)cc1. The van der Waals surface area contributed by atoms with Gasteiger partial charge in [0.25, 0.3) is 5.91 Å². The first-order valence-corrected chi connectivity index (χ1v) is 11.2. The summed E-state index contributed by atoms with van der Waals surface area (Å²) in [5.74, 6) is 0.502. The van der Waals surface area contributed by atoms with Crippen LogP contribution in [-0.2, 0) is 11.3 Å². The van der Waals surface area contributed by atoms with Gasteiger partial charge in [0.05, 0.1) is 11.8 Å². The highest BCUT2D eigenvalue weighted by molar-refractivity contribution is 7.99. The lowest BCUT2D eigenvalue weighted by molar-refractivity contribution is -0.113. The summed E-state index contributed by atoms with van der Waals surface area (Å²) in [7, 11) is 0. The van der Waals surface area contributed by atoms with E-state index in [9.17, 15) is 9.59 Å².